The van der Waals surface area contributed by atoms with Crippen LogP contribution in [-0.4, -0.2) is 43.0 Å². The molecular weight excluding hydrogens is 380 g/mol. The molecule has 148 valence electrons. The van der Waals surface area contributed by atoms with Crippen LogP contribution in [0.5, 0.6) is 11.5 Å². The molecule has 0 spiro atoms. The van der Waals surface area contributed by atoms with Gasteiger partial charge in [-0.05, 0) is 37.0 Å². The first-order chi connectivity index (χ1) is 13.5. The van der Waals surface area contributed by atoms with Crippen LogP contribution in [-0.2, 0) is 11.2 Å². The van der Waals surface area contributed by atoms with E-state index in [0.29, 0.717) is 12.1 Å². The molecule has 0 aromatic heterocycles. The lowest BCUT2D eigenvalue weighted by Crippen LogP contribution is -2.36. The quantitative estimate of drug-likeness (QED) is 0.771. The van der Waals surface area contributed by atoms with Gasteiger partial charge in [-0.3, -0.25) is 9.59 Å². The molecule has 1 atom stereocenters. The Bertz CT molecular complexity index is 857. The molecule has 2 aromatic carbocycles. The molecule has 0 saturated carbocycles. The first-order valence-electron chi connectivity index (χ1n) is 9.13. The van der Waals surface area contributed by atoms with Gasteiger partial charge in [0.1, 0.15) is 0 Å². The van der Waals surface area contributed by atoms with Crippen molar-refractivity contribution in [2.45, 2.75) is 25.3 Å². The first-order valence-corrected chi connectivity index (χ1v) is 9.51. The van der Waals surface area contributed by atoms with Gasteiger partial charge in [0.15, 0.2) is 18.1 Å². The summed E-state index contributed by atoms with van der Waals surface area (Å²) in [4.78, 5) is 26.0. The predicted molar refractivity (Wildman–Crippen MR) is 107 cm³/mol. The normalized spacial score (nSPS) is 16.1. The largest absolute Gasteiger partial charge is 0.493 e. The Morgan fingerprint density at radius 2 is 2.00 bits per heavy atom. The third-order valence-corrected chi connectivity index (χ3v) is 5.07. The van der Waals surface area contributed by atoms with Crippen molar-refractivity contribution in [1.29, 1.82) is 0 Å². The lowest BCUT2D eigenvalue weighted by atomic mass is 10.0. The molecule has 28 heavy (non-hydrogen) atoms. The second-order valence-corrected chi connectivity index (χ2v) is 7.14. The van der Waals surface area contributed by atoms with Crippen molar-refractivity contribution < 1.29 is 19.1 Å². The van der Waals surface area contributed by atoms with Crippen LogP contribution in [0.15, 0.2) is 42.5 Å². The molecule has 1 aliphatic rings. The number of halogens is 1. The van der Waals surface area contributed by atoms with Gasteiger partial charge < -0.3 is 20.1 Å². The SMILES string of the molecule is COc1cc(C(=O)N2CCCC2Cc2ccccc2)cc(Cl)c1OCC(N)=O. The predicted octanol–water partition coefficient (Wildman–Crippen LogP) is 3.06. The van der Waals surface area contributed by atoms with E-state index in [4.69, 9.17) is 26.8 Å². The van der Waals surface area contributed by atoms with Crippen LogP contribution in [0.1, 0.15) is 28.8 Å². The number of primary amides is 1. The van der Waals surface area contributed by atoms with E-state index in [1.807, 2.05) is 23.1 Å². The second-order valence-electron chi connectivity index (χ2n) is 6.73. The molecule has 2 aromatic rings. The van der Waals surface area contributed by atoms with Gasteiger partial charge in [0, 0.05) is 18.2 Å². The number of hydrogen-bond acceptors (Lipinski definition) is 4. The standard InChI is InChI=1S/C21H23ClN2O4/c1-27-18-12-15(11-17(22)20(18)28-13-19(23)25)21(26)24-9-5-8-16(24)10-14-6-3-2-4-7-14/h2-4,6-7,11-12,16H,5,8-10,13H2,1H3,(H2,23,25). The Balaban J connectivity index is 1.81. The van der Waals surface area contributed by atoms with Gasteiger partial charge in [-0.2, -0.15) is 0 Å². The van der Waals surface area contributed by atoms with Crippen LogP contribution < -0.4 is 15.2 Å². The minimum absolute atomic E-state index is 0.0971. The van der Waals surface area contributed by atoms with Crippen molar-refractivity contribution >= 4 is 23.4 Å². The number of hydrogen-bond donors (Lipinski definition) is 1. The van der Waals surface area contributed by atoms with Crippen molar-refractivity contribution in [3.05, 3.63) is 58.6 Å². The van der Waals surface area contributed by atoms with E-state index in [1.165, 1.54) is 12.7 Å². The Kier molecular flexibility index (Phi) is 6.41. The average Bonchev–Trinajstić information content (AvgIpc) is 3.14. The van der Waals surface area contributed by atoms with E-state index < -0.39 is 5.91 Å². The summed E-state index contributed by atoms with van der Waals surface area (Å²) in [5.74, 6) is -0.239. The number of likely N-dealkylation sites (tertiary alicyclic amines) is 1. The molecule has 0 aliphatic carbocycles. The summed E-state index contributed by atoms with van der Waals surface area (Å²) < 4.78 is 10.6. The summed E-state index contributed by atoms with van der Waals surface area (Å²) in [6.07, 6.45) is 2.75. The highest BCUT2D eigenvalue weighted by Crippen LogP contribution is 2.37. The van der Waals surface area contributed by atoms with Crippen molar-refractivity contribution in [3.8, 4) is 11.5 Å². The Hall–Kier alpha value is -2.73. The number of benzene rings is 2. The topological polar surface area (TPSA) is 81.9 Å². The van der Waals surface area contributed by atoms with Crippen LogP contribution in [0.2, 0.25) is 5.02 Å². The zero-order valence-electron chi connectivity index (χ0n) is 15.7. The van der Waals surface area contributed by atoms with Gasteiger partial charge in [0.2, 0.25) is 0 Å². The number of carbonyl (C=O) groups is 2. The highest BCUT2D eigenvalue weighted by atomic mass is 35.5. The molecule has 1 heterocycles. The smallest absolute Gasteiger partial charge is 0.255 e. The van der Waals surface area contributed by atoms with E-state index in [9.17, 15) is 9.59 Å². The number of amides is 2. The molecule has 0 radical (unpaired) electrons. The van der Waals surface area contributed by atoms with Crippen molar-refractivity contribution in [1.82, 2.24) is 4.90 Å². The summed E-state index contributed by atoms with van der Waals surface area (Å²) in [6, 6.07) is 13.4. The van der Waals surface area contributed by atoms with E-state index in [1.54, 1.807) is 12.1 Å². The summed E-state index contributed by atoms with van der Waals surface area (Å²) in [7, 11) is 1.45. The fraction of sp³-hybridized carbons (Fsp3) is 0.333. The molecule has 3 rings (SSSR count). The molecule has 0 bridgehead atoms. The molecule has 2 amide bonds. The van der Waals surface area contributed by atoms with Crippen molar-refractivity contribution in [2.24, 2.45) is 5.73 Å². The number of ether oxygens (including phenoxy) is 2. The van der Waals surface area contributed by atoms with Crippen LogP contribution in [0.4, 0.5) is 0 Å². The average molecular weight is 403 g/mol. The minimum atomic E-state index is -0.626. The fourth-order valence-electron chi connectivity index (χ4n) is 3.49. The summed E-state index contributed by atoms with van der Waals surface area (Å²) in [5.41, 5.74) is 6.74. The van der Waals surface area contributed by atoms with Gasteiger partial charge in [-0.25, -0.2) is 0 Å². The lowest BCUT2D eigenvalue weighted by molar-refractivity contribution is -0.119. The summed E-state index contributed by atoms with van der Waals surface area (Å²) in [6.45, 7) is 0.380. The highest BCUT2D eigenvalue weighted by molar-refractivity contribution is 6.32. The number of carbonyl (C=O) groups excluding carboxylic acids is 2. The van der Waals surface area contributed by atoms with E-state index in [-0.39, 0.29) is 35.1 Å². The molecule has 6 nitrogen and oxygen atoms in total. The lowest BCUT2D eigenvalue weighted by Gasteiger charge is -2.25. The van der Waals surface area contributed by atoms with Gasteiger partial charge in [-0.15, -0.1) is 0 Å². The van der Waals surface area contributed by atoms with Crippen LogP contribution in [0, 0.1) is 0 Å². The maximum atomic E-state index is 13.1. The number of methoxy groups -OCH3 is 1. The van der Waals surface area contributed by atoms with Gasteiger partial charge in [-0.1, -0.05) is 41.9 Å². The van der Waals surface area contributed by atoms with Crippen molar-refractivity contribution in [3.63, 3.8) is 0 Å². The summed E-state index contributed by atoms with van der Waals surface area (Å²) >= 11 is 6.29. The van der Waals surface area contributed by atoms with Crippen LogP contribution >= 0.6 is 11.6 Å². The molecule has 7 heteroatoms. The minimum Gasteiger partial charge on any atom is -0.493 e. The summed E-state index contributed by atoms with van der Waals surface area (Å²) in [5, 5.41) is 0.197. The number of nitrogens with two attached hydrogens (primary N) is 1. The Morgan fingerprint density at radius 3 is 2.68 bits per heavy atom. The zero-order chi connectivity index (χ0) is 20.1. The molecular formula is C21H23ClN2O4. The molecule has 2 N–H and O–H groups in total. The van der Waals surface area contributed by atoms with E-state index >= 15 is 0 Å². The van der Waals surface area contributed by atoms with E-state index in [0.717, 1.165) is 19.3 Å². The van der Waals surface area contributed by atoms with Gasteiger partial charge in [0.25, 0.3) is 11.8 Å². The van der Waals surface area contributed by atoms with Gasteiger partial charge in [0.05, 0.1) is 12.1 Å². The maximum absolute atomic E-state index is 13.1. The monoisotopic (exact) mass is 402 g/mol. The third kappa shape index (κ3) is 4.57. The Morgan fingerprint density at radius 1 is 1.25 bits per heavy atom. The molecule has 1 saturated heterocycles. The number of rotatable bonds is 7. The first kappa shape index (κ1) is 20.0. The highest BCUT2D eigenvalue weighted by Gasteiger charge is 2.30. The fourth-order valence-corrected chi connectivity index (χ4v) is 3.76. The number of nitrogens with zero attached hydrogens (tertiary/aromatic N) is 1. The molecule has 1 fully saturated rings. The Labute approximate surface area is 169 Å². The van der Waals surface area contributed by atoms with Gasteiger partial charge >= 0.3 is 0 Å². The van der Waals surface area contributed by atoms with Crippen LogP contribution in [0.3, 0.4) is 0 Å². The maximum Gasteiger partial charge on any atom is 0.255 e. The molecule has 1 aliphatic heterocycles. The van der Waals surface area contributed by atoms with Crippen LogP contribution in [0.25, 0.3) is 0 Å². The second kappa shape index (κ2) is 8.97. The van der Waals surface area contributed by atoms with Crippen molar-refractivity contribution in [2.75, 3.05) is 20.3 Å². The molecule has 1 unspecified atom stereocenters. The third-order valence-electron chi connectivity index (χ3n) is 4.79. The zero-order valence-corrected chi connectivity index (χ0v) is 16.4. The van der Waals surface area contributed by atoms with E-state index in [2.05, 4.69) is 12.1 Å².